The van der Waals surface area contributed by atoms with E-state index in [0.717, 1.165) is 6.42 Å². The Balaban J connectivity index is 2.16. The van der Waals surface area contributed by atoms with Crippen molar-refractivity contribution in [2.75, 3.05) is 0 Å². The molecule has 0 radical (unpaired) electrons. The Morgan fingerprint density at radius 1 is 0.941 bits per heavy atom. The summed E-state index contributed by atoms with van der Waals surface area (Å²) in [6, 6.07) is 17.5. The van der Waals surface area contributed by atoms with Gasteiger partial charge in [-0.3, -0.25) is 0 Å². The Kier molecular flexibility index (Phi) is 3.63. The molecule has 0 aromatic heterocycles. The Hall–Kier alpha value is -1.56. The van der Waals surface area contributed by atoms with E-state index in [1.54, 1.807) is 0 Å². The molecule has 17 heavy (non-hydrogen) atoms. The standard InChI is InChI=1S/C17H20/c1-13-9-10-17(14(2)11-13)12-15(3)16-7-5-4-6-8-16/h4-11,15H,12H2,1-3H3. The zero-order valence-corrected chi connectivity index (χ0v) is 10.9. The molecule has 0 bridgehead atoms. The van der Waals surface area contributed by atoms with Gasteiger partial charge in [0.2, 0.25) is 0 Å². The van der Waals surface area contributed by atoms with Crippen LogP contribution in [0.1, 0.15) is 35.1 Å². The van der Waals surface area contributed by atoms with Crippen LogP contribution in [0.25, 0.3) is 0 Å². The summed E-state index contributed by atoms with van der Waals surface area (Å²) >= 11 is 0. The molecular weight excluding hydrogens is 204 g/mol. The van der Waals surface area contributed by atoms with Crippen LogP contribution in [0, 0.1) is 13.8 Å². The average Bonchev–Trinajstić information content (AvgIpc) is 2.34. The van der Waals surface area contributed by atoms with E-state index in [4.69, 9.17) is 0 Å². The minimum absolute atomic E-state index is 0.581. The van der Waals surface area contributed by atoms with Crippen LogP contribution in [0.15, 0.2) is 48.5 Å². The second-order valence-corrected chi connectivity index (χ2v) is 4.95. The lowest BCUT2D eigenvalue weighted by molar-refractivity contribution is 0.755. The van der Waals surface area contributed by atoms with Crippen molar-refractivity contribution in [3.63, 3.8) is 0 Å². The zero-order chi connectivity index (χ0) is 12.3. The van der Waals surface area contributed by atoms with Gasteiger partial charge in [0.05, 0.1) is 0 Å². The molecule has 0 N–H and O–H groups in total. The van der Waals surface area contributed by atoms with Crippen LogP contribution in [0.5, 0.6) is 0 Å². The van der Waals surface area contributed by atoms with E-state index in [1.165, 1.54) is 22.3 Å². The van der Waals surface area contributed by atoms with Crippen molar-refractivity contribution < 1.29 is 0 Å². The first-order valence-electron chi connectivity index (χ1n) is 6.28. The van der Waals surface area contributed by atoms with Crippen molar-refractivity contribution in [1.82, 2.24) is 0 Å². The lowest BCUT2D eigenvalue weighted by atomic mass is 9.91. The maximum atomic E-state index is 2.30. The first-order valence-corrected chi connectivity index (χ1v) is 6.28. The summed E-state index contributed by atoms with van der Waals surface area (Å²) in [5.74, 6) is 0.581. The summed E-state index contributed by atoms with van der Waals surface area (Å²) in [5.41, 5.74) is 5.64. The van der Waals surface area contributed by atoms with Crippen molar-refractivity contribution >= 4 is 0 Å². The van der Waals surface area contributed by atoms with Crippen molar-refractivity contribution in [2.24, 2.45) is 0 Å². The zero-order valence-electron chi connectivity index (χ0n) is 10.9. The maximum Gasteiger partial charge on any atom is -0.0150 e. The van der Waals surface area contributed by atoms with Gasteiger partial charge >= 0.3 is 0 Å². The summed E-state index contributed by atoms with van der Waals surface area (Å²) in [6.07, 6.45) is 1.12. The van der Waals surface area contributed by atoms with Crippen LogP contribution in [-0.2, 0) is 6.42 Å². The molecule has 2 aromatic rings. The third-order valence-electron chi connectivity index (χ3n) is 3.39. The van der Waals surface area contributed by atoms with Gasteiger partial charge in [-0.1, -0.05) is 61.0 Å². The summed E-state index contributed by atoms with van der Waals surface area (Å²) < 4.78 is 0. The van der Waals surface area contributed by atoms with Crippen molar-refractivity contribution in [2.45, 2.75) is 33.1 Å². The number of hydrogen-bond donors (Lipinski definition) is 0. The molecule has 0 saturated carbocycles. The van der Waals surface area contributed by atoms with Crippen LogP contribution in [0.3, 0.4) is 0 Å². The van der Waals surface area contributed by atoms with Gasteiger partial charge < -0.3 is 0 Å². The topological polar surface area (TPSA) is 0 Å². The molecule has 0 aliphatic carbocycles. The first-order chi connectivity index (χ1) is 8.16. The van der Waals surface area contributed by atoms with E-state index < -0.39 is 0 Å². The van der Waals surface area contributed by atoms with E-state index >= 15 is 0 Å². The van der Waals surface area contributed by atoms with Gasteiger partial charge in [0.15, 0.2) is 0 Å². The highest BCUT2D eigenvalue weighted by Crippen LogP contribution is 2.22. The highest BCUT2D eigenvalue weighted by atomic mass is 14.1. The summed E-state index contributed by atoms with van der Waals surface area (Å²) in [7, 11) is 0. The molecule has 0 spiro atoms. The average molecular weight is 224 g/mol. The molecule has 1 atom stereocenters. The Morgan fingerprint density at radius 2 is 1.65 bits per heavy atom. The fraction of sp³-hybridized carbons (Fsp3) is 0.294. The quantitative estimate of drug-likeness (QED) is 0.712. The van der Waals surface area contributed by atoms with E-state index in [9.17, 15) is 0 Å². The Bertz CT molecular complexity index is 483. The number of hydrogen-bond acceptors (Lipinski definition) is 0. The number of benzene rings is 2. The Morgan fingerprint density at radius 3 is 2.29 bits per heavy atom. The molecule has 0 saturated heterocycles. The highest BCUT2D eigenvalue weighted by Gasteiger charge is 2.07. The lowest BCUT2D eigenvalue weighted by Gasteiger charge is -2.14. The lowest BCUT2D eigenvalue weighted by Crippen LogP contribution is -2.00. The molecule has 2 aromatic carbocycles. The van der Waals surface area contributed by atoms with Crippen LogP contribution in [-0.4, -0.2) is 0 Å². The largest absolute Gasteiger partial charge is 0.0622 e. The first kappa shape index (κ1) is 11.9. The monoisotopic (exact) mass is 224 g/mol. The SMILES string of the molecule is Cc1ccc(CC(C)c2ccccc2)c(C)c1. The van der Waals surface area contributed by atoms with Gasteiger partial charge in [-0.15, -0.1) is 0 Å². The van der Waals surface area contributed by atoms with Crippen molar-refractivity contribution in [1.29, 1.82) is 0 Å². The van der Waals surface area contributed by atoms with Crippen molar-refractivity contribution in [3.05, 3.63) is 70.8 Å². The molecule has 0 aliphatic heterocycles. The van der Waals surface area contributed by atoms with E-state index in [-0.39, 0.29) is 0 Å². The smallest absolute Gasteiger partial charge is 0.0150 e. The van der Waals surface area contributed by atoms with Crippen LogP contribution in [0.4, 0.5) is 0 Å². The van der Waals surface area contributed by atoms with Gasteiger partial charge in [-0.2, -0.15) is 0 Å². The fourth-order valence-electron chi connectivity index (χ4n) is 2.30. The highest BCUT2D eigenvalue weighted by molar-refractivity contribution is 5.32. The van der Waals surface area contributed by atoms with Crippen LogP contribution < -0.4 is 0 Å². The predicted octanol–water partition coefficient (Wildman–Crippen LogP) is 4.65. The van der Waals surface area contributed by atoms with E-state index in [1.807, 2.05) is 0 Å². The second-order valence-electron chi connectivity index (χ2n) is 4.95. The summed E-state index contributed by atoms with van der Waals surface area (Å²) in [4.78, 5) is 0. The normalized spacial score (nSPS) is 12.4. The Labute approximate surface area is 104 Å². The minimum Gasteiger partial charge on any atom is -0.0622 e. The van der Waals surface area contributed by atoms with E-state index in [2.05, 4.69) is 69.3 Å². The third-order valence-corrected chi connectivity index (χ3v) is 3.39. The van der Waals surface area contributed by atoms with Gasteiger partial charge in [0, 0.05) is 0 Å². The molecule has 0 heteroatoms. The molecule has 0 aliphatic rings. The van der Waals surface area contributed by atoms with Crippen LogP contribution >= 0.6 is 0 Å². The number of aryl methyl sites for hydroxylation is 2. The van der Waals surface area contributed by atoms with Gasteiger partial charge in [-0.05, 0) is 42.9 Å². The summed E-state index contributed by atoms with van der Waals surface area (Å²) in [5, 5.41) is 0. The fourth-order valence-corrected chi connectivity index (χ4v) is 2.30. The second kappa shape index (κ2) is 5.18. The number of rotatable bonds is 3. The molecular formula is C17H20. The van der Waals surface area contributed by atoms with Crippen LogP contribution in [0.2, 0.25) is 0 Å². The van der Waals surface area contributed by atoms with Gasteiger partial charge in [0.1, 0.15) is 0 Å². The predicted molar refractivity (Wildman–Crippen MR) is 74.5 cm³/mol. The summed E-state index contributed by atoms with van der Waals surface area (Å²) in [6.45, 7) is 6.66. The molecule has 2 rings (SSSR count). The van der Waals surface area contributed by atoms with Gasteiger partial charge in [-0.25, -0.2) is 0 Å². The molecule has 0 heterocycles. The molecule has 0 fully saturated rings. The maximum absolute atomic E-state index is 2.30. The van der Waals surface area contributed by atoms with E-state index in [0.29, 0.717) is 5.92 Å². The molecule has 1 unspecified atom stereocenters. The van der Waals surface area contributed by atoms with Crippen molar-refractivity contribution in [3.8, 4) is 0 Å². The molecule has 88 valence electrons. The molecule has 0 nitrogen and oxygen atoms in total. The third kappa shape index (κ3) is 2.97. The minimum atomic E-state index is 0.581. The van der Waals surface area contributed by atoms with Gasteiger partial charge in [0.25, 0.3) is 0 Å². The molecule has 0 amide bonds.